The molecule has 0 N–H and O–H groups in total. The monoisotopic (exact) mass is 642 g/mol. The minimum Gasteiger partial charge on any atom is -0.461 e. The highest BCUT2D eigenvalue weighted by Crippen LogP contribution is 2.39. The summed E-state index contributed by atoms with van der Waals surface area (Å²) in [6, 6.07) is 17.8. The summed E-state index contributed by atoms with van der Waals surface area (Å²) in [6.45, 7) is 14.7. The van der Waals surface area contributed by atoms with E-state index in [2.05, 4.69) is 17.0 Å². The van der Waals surface area contributed by atoms with Gasteiger partial charge >= 0.3 is 0 Å². The zero-order chi connectivity index (χ0) is 33.9. The summed E-state index contributed by atoms with van der Waals surface area (Å²) in [7, 11) is 1.73. The molecule has 0 saturated carbocycles. The Kier molecular flexibility index (Phi) is 10.3. The van der Waals surface area contributed by atoms with Crippen molar-refractivity contribution in [1.29, 1.82) is 0 Å². The number of carbonyl (C=O) groups excluding carboxylic acids is 2. The van der Waals surface area contributed by atoms with Gasteiger partial charge in [-0.15, -0.1) is 0 Å². The van der Waals surface area contributed by atoms with E-state index in [1.54, 1.807) is 47.5 Å². The third-order valence-corrected chi connectivity index (χ3v) is 8.74. The fraction of sp³-hybridized carbons (Fsp3) is 0.432. The van der Waals surface area contributed by atoms with E-state index in [0.29, 0.717) is 68.4 Å². The number of ether oxygens (including phenoxy) is 2. The standard InChI is InChI=1S/C37H46N4O6/c1-8-41-30-15-14-27(22-31(30)38(7)35(43)37(5,6)36(41)44)24-39(18-19-40-17-16-32-29(33(40)42)20-25(4)47-32)23-26-12-11-13-28(21-26)34(45-9-2)46-10-3/h11-17,20-22,34H,8-10,18-19,23-24H2,1-7H3. The number of rotatable bonds is 13. The van der Waals surface area contributed by atoms with Crippen molar-refractivity contribution >= 4 is 34.2 Å². The van der Waals surface area contributed by atoms with Gasteiger partial charge in [0.1, 0.15) is 16.8 Å². The number of fused-ring (bicyclic) bond motifs is 2. The molecule has 2 amide bonds. The van der Waals surface area contributed by atoms with Crippen LogP contribution in [0.3, 0.4) is 0 Å². The van der Waals surface area contributed by atoms with E-state index in [1.165, 1.54) is 0 Å². The van der Waals surface area contributed by atoms with Gasteiger partial charge in [-0.1, -0.05) is 24.3 Å². The fourth-order valence-corrected chi connectivity index (χ4v) is 6.29. The second kappa shape index (κ2) is 14.3. The zero-order valence-electron chi connectivity index (χ0n) is 28.5. The van der Waals surface area contributed by atoms with Crippen LogP contribution in [-0.2, 0) is 38.7 Å². The molecule has 0 fully saturated rings. The minimum atomic E-state index is -1.18. The Labute approximate surface area is 276 Å². The van der Waals surface area contributed by atoms with Gasteiger partial charge in [-0.05, 0) is 83.0 Å². The Hall–Kier alpha value is -4.25. The highest BCUT2D eigenvalue weighted by molar-refractivity contribution is 6.19. The predicted octanol–water partition coefficient (Wildman–Crippen LogP) is 6.03. The minimum absolute atomic E-state index is 0.0883. The van der Waals surface area contributed by atoms with Crippen molar-refractivity contribution in [1.82, 2.24) is 9.47 Å². The van der Waals surface area contributed by atoms with Crippen molar-refractivity contribution in [2.24, 2.45) is 5.41 Å². The number of hydrogen-bond acceptors (Lipinski definition) is 7. The first-order chi connectivity index (χ1) is 22.5. The quantitative estimate of drug-likeness (QED) is 0.130. The van der Waals surface area contributed by atoms with Crippen molar-refractivity contribution in [2.45, 2.75) is 67.5 Å². The van der Waals surface area contributed by atoms with E-state index in [1.807, 2.05) is 64.1 Å². The van der Waals surface area contributed by atoms with Crippen LogP contribution in [0.15, 0.2) is 70.0 Å². The van der Waals surface area contributed by atoms with Crippen molar-refractivity contribution in [2.75, 3.05) is 43.2 Å². The smallest absolute Gasteiger partial charge is 0.261 e. The number of nitrogens with zero attached hydrogens (tertiary/aromatic N) is 4. The van der Waals surface area contributed by atoms with Crippen LogP contribution in [0.2, 0.25) is 0 Å². The summed E-state index contributed by atoms with van der Waals surface area (Å²) in [5.41, 5.74) is 3.74. The molecule has 250 valence electrons. The lowest BCUT2D eigenvalue weighted by Crippen LogP contribution is -2.47. The highest BCUT2D eigenvalue weighted by atomic mass is 16.7. The molecule has 47 heavy (non-hydrogen) atoms. The van der Waals surface area contributed by atoms with Crippen molar-refractivity contribution in [3.63, 3.8) is 0 Å². The number of anilines is 2. The Morgan fingerprint density at radius 2 is 1.57 bits per heavy atom. The Bertz CT molecular complexity index is 1800. The topological polar surface area (TPSA) is 97.5 Å². The summed E-state index contributed by atoms with van der Waals surface area (Å²) in [5.74, 6) is 0.248. The van der Waals surface area contributed by atoms with Gasteiger partial charge in [0, 0.05) is 64.7 Å². The molecule has 0 radical (unpaired) electrons. The molecule has 0 saturated heterocycles. The van der Waals surface area contributed by atoms with Gasteiger partial charge in [0.2, 0.25) is 11.8 Å². The van der Waals surface area contributed by atoms with Gasteiger partial charge in [-0.2, -0.15) is 0 Å². The first-order valence-electron chi connectivity index (χ1n) is 16.3. The zero-order valence-corrected chi connectivity index (χ0v) is 28.5. The number of aryl methyl sites for hydroxylation is 1. The van der Waals surface area contributed by atoms with E-state index in [-0.39, 0.29) is 17.4 Å². The summed E-state index contributed by atoms with van der Waals surface area (Å²) < 4.78 is 19.1. The number of carbonyl (C=O) groups is 2. The molecule has 0 aliphatic carbocycles. The normalized spacial score (nSPS) is 14.8. The van der Waals surface area contributed by atoms with Crippen LogP contribution in [-0.4, -0.2) is 54.6 Å². The van der Waals surface area contributed by atoms with Crippen LogP contribution in [0, 0.1) is 12.3 Å². The number of pyridine rings is 1. The van der Waals surface area contributed by atoms with Crippen LogP contribution in [0.1, 0.15) is 63.4 Å². The van der Waals surface area contributed by atoms with Crippen LogP contribution >= 0.6 is 0 Å². The van der Waals surface area contributed by atoms with Crippen LogP contribution in [0.25, 0.3) is 11.0 Å². The molecule has 0 unspecified atom stereocenters. The van der Waals surface area contributed by atoms with E-state index < -0.39 is 11.7 Å². The largest absolute Gasteiger partial charge is 0.461 e. The molecule has 10 nitrogen and oxygen atoms in total. The van der Waals surface area contributed by atoms with Gasteiger partial charge in [0.25, 0.3) is 5.56 Å². The number of furan rings is 1. The van der Waals surface area contributed by atoms with Crippen molar-refractivity contribution < 1.29 is 23.5 Å². The Morgan fingerprint density at radius 3 is 2.26 bits per heavy atom. The molecular formula is C37H46N4O6. The van der Waals surface area contributed by atoms with E-state index in [0.717, 1.165) is 22.4 Å². The Balaban J connectivity index is 1.47. The predicted molar refractivity (Wildman–Crippen MR) is 183 cm³/mol. The maximum Gasteiger partial charge on any atom is 0.261 e. The average molecular weight is 643 g/mol. The van der Waals surface area contributed by atoms with Crippen LogP contribution < -0.4 is 15.4 Å². The van der Waals surface area contributed by atoms with Crippen LogP contribution in [0.4, 0.5) is 11.4 Å². The Morgan fingerprint density at radius 1 is 0.872 bits per heavy atom. The summed E-state index contributed by atoms with van der Waals surface area (Å²) in [5, 5.41) is 0.568. The molecule has 10 heteroatoms. The molecule has 2 aromatic carbocycles. The fourth-order valence-electron chi connectivity index (χ4n) is 6.29. The molecule has 3 heterocycles. The van der Waals surface area contributed by atoms with Gasteiger partial charge in [0.05, 0.1) is 16.8 Å². The van der Waals surface area contributed by atoms with E-state index >= 15 is 0 Å². The first-order valence-corrected chi connectivity index (χ1v) is 16.3. The van der Waals surface area contributed by atoms with Gasteiger partial charge < -0.3 is 28.3 Å². The third-order valence-electron chi connectivity index (χ3n) is 8.74. The van der Waals surface area contributed by atoms with E-state index in [4.69, 9.17) is 13.9 Å². The molecule has 5 rings (SSSR count). The molecule has 1 aliphatic rings. The summed E-state index contributed by atoms with van der Waals surface area (Å²) in [6.07, 6.45) is 1.33. The SMILES string of the molecule is CCOC(OCC)c1cccc(CN(CCn2ccc3oc(C)cc3c2=O)Cc2ccc3c(c2)N(C)C(=O)C(C)(C)C(=O)N3CC)c1. The molecular weight excluding hydrogens is 596 g/mol. The lowest BCUT2D eigenvalue weighted by atomic mass is 9.90. The molecule has 2 aromatic heterocycles. The van der Waals surface area contributed by atoms with Gasteiger partial charge in [-0.25, -0.2) is 0 Å². The van der Waals surface area contributed by atoms with Crippen molar-refractivity contribution in [3.05, 3.63) is 93.6 Å². The molecule has 1 aliphatic heterocycles. The highest BCUT2D eigenvalue weighted by Gasteiger charge is 2.45. The third kappa shape index (κ3) is 7.05. The second-order valence-electron chi connectivity index (χ2n) is 12.5. The van der Waals surface area contributed by atoms with Crippen molar-refractivity contribution in [3.8, 4) is 0 Å². The maximum atomic E-state index is 13.5. The first kappa shape index (κ1) is 34.1. The number of benzene rings is 2. The van der Waals surface area contributed by atoms with Crippen LogP contribution in [0.5, 0.6) is 0 Å². The van der Waals surface area contributed by atoms with E-state index in [9.17, 15) is 14.4 Å². The summed E-state index contributed by atoms with van der Waals surface area (Å²) >= 11 is 0. The number of hydrogen-bond donors (Lipinski definition) is 0. The van der Waals surface area contributed by atoms with Gasteiger partial charge in [0.15, 0.2) is 6.29 Å². The molecule has 0 spiro atoms. The lowest BCUT2D eigenvalue weighted by molar-refractivity contribution is -0.140. The number of amides is 2. The summed E-state index contributed by atoms with van der Waals surface area (Å²) in [4.78, 5) is 45.7. The van der Waals surface area contributed by atoms with Gasteiger partial charge in [-0.3, -0.25) is 19.3 Å². The second-order valence-corrected chi connectivity index (χ2v) is 12.5. The lowest BCUT2D eigenvalue weighted by Gasteiger charge is -2.27. The number of aromatic nitrogens is 1. The molecule has 0 atom stereocenters. The average Bonchev–Trinajstić information content (AvgIpc) is 3.43. The maximum absolute atomic E-state index is 13.5. The molecule has 4 aromatic rings. The molecule has 0 bridgehead atoms.